The van der Waals surface area contributed by atoms with E-state index in [9.17, 15) is 62.0 Å². The summed E-state index contributed by atoms with van der Waals surface area (Å²) in [4.78, 5) is 47.1. The summed E-state index contributed by atoms with van der Waals surface area (Å²) in [5.74, 6) is -6.69. The van der Waals surface area contributed by atoms with E-state index in [1.54, 1.807) is 37.3 Å². The summed E-state index contributed by atoms with van der Waals surface area (Å²) >= 11 is 0. The molecule has 1 aromatic carbocycles. The highest BCUT2D eigenvalue weighted by Crippen LogP contribution is 2.42. The molecular weight excluding hydrogens is 1100 g/mol. The Hall–Kier alpha value is -4.94. The zero-order valence-corrected chi connectivity index (χ0v) is 45.3. The van der Waals surface area contributed by atoms with Crippen LogP contribution < -0.4 is 0 Å². The Morgan fingerprint density at radius 2 is 1.23 bits per heavy atom. The topological polar surface area (TPSA) is 456 Å². The van der Waals surface area contributed by atoms with E-state index >= 15 is 0 Å². The Morgan fingerprint density at radius 3 is 1.82 bits per heavy atom. The number of hydrogen-bond acceptors (Lipinski definition) is 24. The maximum Gasteiger partial charge on any atom is 0.397 e. The van der Waals surface area contributed by atoms with Crippen LogP contribution in [0.5, 0.6) is 0 Å². The van der Waals surface area contributed by atoms with Crippen molar-refractivity contribution < 1.29 is 111 Å². The molecule has 0 radical (unpaired) electrons. The molecular formula is C44H63N9O24S2. The van der Waals surface area contributed by atoms with Gasteiger partial charge in [0.05, 0.1) is 55.8 Å². The number of carboxylic acids is 1. The molecule has 5 fully saturated rings. The average Bonchev–Trinajstić information content (AvgIpc) is 3.39. The van der Waals surface area contributed by atoms with Gasteiger partial charge in [0.1, 0.15) is 30.5 Å². The van der Waals surface area contributed by atoms with Crippen LogP contribution in [0.3, 0.4) is 0 Å². The number of esters is 1. The lowest BCUT2D eigenvalue weighted by molar-refractivity contribution is -0.356. The fourth-order valence-corrected chi connectivity index (χ4v) is 11.0. The molecule has 3 N–H and O–H groups in total. The van der Waals surface area contributed by atoms with Crippen LogP contribution in [-0.2, 0) is 107 Å². The van der Waals surface area contributed by atoms with E-state index in [2.05, 4.69) is 34.3 Å². The number of benzene rings is 1. The Labute approximate surface area is 452 Å². The molecule has 10 unspecified atom stereocenters. The molecule has 35 heteroatoms. The van der Waals surface area contributed by atoms with Gasteiger partial charge < -0.3 is 61.9 Å². The van der Waals surface area contributed by atoms with Crippen molar-refractivity contribution in [1.29, 1.82) is 0 Å². The summed E-state index contributed by atoms with van der Waals surface area (Å²) in [7, 11) is -9.42. The molecule has 0 aromatic heterocycles. The van der Waals surface area contributed by atoms with Gasteiger partial charge in [0.15, 0.2) is 43.7 Å². The van der Waals surface area contributed by atoms with Crippen LogP contribution in [0, 0.1) is 29.6 Å². The van der Waals surface area contributed by atoms with Crippen molar-refractivity contribution in [3.05, 3.63) is 67.2 Å². The first-order valence-electron chi connectivity index (χ1n) is 24.7. The highest BCUT2D eigenvalue weighted by molar-refractivity contribution is 7.81. The molecule has 0 spiro atoms. The first-order chi connectivity index (χ1) is 37.3. The number of carboxylic acid groups (broad SMARTS) is 1. The van der Waals surface area contributed by atoms with Gasteiger partial charge in [0.25, 0.3) is 0 Å². The number of carbonyl (C=O) groups is 3. The Morgan fingerprint density at radius 1 is 0.658 bits per heavy atom. The molecule has 5 aliphatic heterocycles. The number of rotatable bonds is 23. The largest absolute Gasteiger partial charge is 0.479 e. The normalized spacial score (nSPS) is 39.9. The zero-order valence-electron chi connectivity index (χ0n) is 43.7. The molecule has 33 nitrogen and oxygen atoms in total. The van der Waals surface area contributed by atoms with Gasteiger partial charge in [-0.25, -0.2) is 18.0 Å². The van der Waals surface area contributed by atoms with E-state index in [4.69, 9.17) is 61.0 Å². The number of azide groups is 3. The predicted octanol–water partition coefficient (Wildman–Crippen LogP) is 3.82. The monoisotopic (exact) mass is 1170 g/mol. The van der Waals surface area contributed by atoms with Crippen molar-refractivity contribution in [3.63, 3.8) is 0 Å². The summed E-state index contributed by atoms with van der Waals surface area (Å²) in [6.07, 6.45) is -24.0. The van der Waals surface area contributed by atoms with E-state index < -0.39 is 174 Å². The van der Waals surface area contributed by atoms with Crippen molar-refractivity contribution in [1.82, 2.24) is 0 Å². The van der Waals surface area contributed by atoms with Gasteiger partial charge in [-0.3, -0.25) is 13.9 Å². The van der Waals surface area contributed by atoms with Crippen LogP contribution in [0.1, 0.15) is 60.5 Å². The van der Waals surface area contributed by atoms with E-state index in [-0.39, 0.29) is 31.3 Å². The fraction of sp³-hybridized carbons (Fsp3) is 0.795. The predicted molar refractivity (Wildman–Crippen MR) is 259 cm³/mol. The maximum atomic E-state index is 13.7. The molecule has 6 rings (SSSR count). The smallest absolute Gasteiger partial charge is 0.397 e. The van der Waals surface area contributed by atoms with Crippen molar-refractivity contribution in [2.75, 3.05) is 13.7 Å². The van der Waals surface area contributed by atoms with Gasteiger partial charge >= 0.3 is 39.2 Å². The first kappa shape index (κ1) is 63.2. The average molecular weight is 1170 g/mol. The van der Waals surface area contributed by atoms with E-state index in [0.717, 1.165) is 12.7 Å². The molecule has 0 saturated carbocycles. The number of nitrogens with zero attached hydrogens (tertiary/aromatic N) is 9. The summed E-state index contributed by atoms with van der Waals surface area (Å²) in [5.41, 5.74) is 29.4. The third kappa shape index (κ3) is 15.7. The lowest BCUT2D eigenvalue weighted by Crippen LogP contribution is -2.63. The fourth-order valence-electron chi connectivity index (χ4n) is 10.2. The Kier molecular flexibility index (Phi) is 22.2. The lowest BCUT2D eigenvalue weighted by Gasteiger charge is -2.50. The second kappa shape index (κ2) is 27.7. The minimum atomic E-state index is -5.46. The third-order valence-corrected chi connectivity index (χ3v) is 15.6. The van der Waals surface area contributed by atoms with E-state index in [1.165, 1.54) is 20.8 Å². The van der Waals surface area contributed by atoms with Crippen LogP contribution in [0.25, 0.3) is 31.3 Å². The third-order valence-electron chi connectivity index (χ3n) is 14.7. The summed E-state index contributed by atoms with van der Waals surface area (Å²) < 4.78 is 149. The molecule has 0 bridgehead atoms. The second-order valence-electron chi connectivity index (χ2n) is 19.6. The van der Waals surface area contributed by atoms with Crippen LogP contribution in [0.4, 0.5) is 0 Å². The van der Waals surface area contributed by atoms with E-state index in [0.29, 0.717) is 0 Å². The van der Waals surface area contributed by atoms with Gasteiger partial charge in [-0.2, -0.15) is 16.8 Å². The SMILES string of the molecule is CO[C@@H]1OC(COS(=O)(=O)O)[C@H](O[C@@H]2OC(C(=O)O)[C@H](O[C@@H]3OC(C)[C@H](O[C@@H]4OC(C(=O)OC=O)[C@H](O[C@@H]5OC(C)[C@H](C)[C@H](C)C5N=[N+]=[N-])[C@H](C)C4OCc4ccccc4)CC3N=[N+]=[N-])[C@H](C)C2OS(=O)(=O)O)[C@H](C)C1N=[N+]=[N-]. The highest BCUT2D eigenvalue weighted by atomic mass is 32.3. The van der Waals surface area contributed by atoms with Crippen molar-refractivity contribution in [2.45, 2.75) is 178 Å². The number of hydrogen-bond donors (Lipinski definition) is 3. The molecule has 440 valence electrons. The number of aliphatic carboxylic acids is 1. The Balaban J connectivity index is 1.28. The van der Waals surface area contributed by atoms with Crippen LogP contribution in [-0.4, -0.2) is 180 Å². The summed E-state index contributed by atoms with van der Waals surface area (Å²) in [5, 5.41) is 22.1. The molecule has 79 heavy (non-hydrogen) atoms. The quantitative estimate of drug-likeness (QED) is 0.0266. The molecule has 0 aliphatic carbocycles. The summed E-state index contributed by atoms with van der Waals surface area (Å²) in [6, 6.07) is 5.43. The van der Waals surface area contributed by atoms with Crippen molar-refractivity contribution in [3.8, 4) is 0 Å². The molecule has 5 heterocycles. The Bertz CT molecular complexity index is 2640. The standard InChI is InChI=1S/C44H63N9O24S2/c1-18-19(2)29(49-52-46)42(68-23(18)6)74-33-21(4)34(65-15-25-12-10-9-11-13-25)43(76-37(33)39(57)66-17-54)70-27-14-26(48-51-45)40(69-24(27)7)73-32-22(5)35(77-79(61,62)63)44(75-36(32)38(55)56)72-31-20(3)30(50-53-47)41(64-8)71-28(31)16-67-78(58,59)60/h9-13,17-24,26-37,40-44H,14-16H2,1-8H3,(H,55,56)(H,58,59,60)(H,61,62,63)/t18-,19+,20-,21+,22+,23?,24?,26?,27-,28?,29?,30?,31-,32-,33-,34?,35?,36?,37?,40+,41-,42+,43-,44-/m1/s1. The van der Waals surface area contributed by atoms with Crippen LogP contribution in [0.15, 0.2) is 45.7 Å². The van der Waals surface area contributed by atoms with Crippen LogP contribution >= 0.6 is 0 Å². The maximum absolute atomic E-state index is 13.7. The van der Waals surface area contributed by atoms with Crippen LogP contribution in [0.2, 0.25) is 0 Å². The molecule has 24 atom stereocenters. The van der Waals surface area contributed by atoms with E-state index in [1.807, 2.05) is 20.8 Å². The van der Waals surface area contributed by atoms with Gasteiger partial charge in [0, 0.05) is 33.7 Å². The molecule has 1 aromatic rings. The van der Waals surface area contributed by atoms with Crippen molar-refractivity contribution in [2.24, 2.45) is 44.9 Å². The van der Waals surface area contributed by atoms with Crippen molar-refractivity contribution >= 4 is 39.2 Å². The lowest BCUT2D eigenvalue weighted by atomic mass is 9.82. The minimum Gasteiger partial charge on any atom is -0.479 e. The van der Waals surface area contributed by atoms with Gasteiger partial charge in [-0.1, -0.05) is 80.3 Å². The van der Waals surface area contributed by atoms with Gasteiger partial charge in [-0.05, 0) is 60.2 Å². The number of methoxy groups -OCH3 is 1. The first-order valence-corrected chi connectivity index (χ1v) is 27.4. The minimum absolute atomic E-state index is 0.0301. The summed E-state index contributed by atoms with van der Waals surface area (Å²) in [6.45, 7) is 10.3. The van der Waals surface area contributed by atoms with Gasteiger partial charge in [0.2, 0.25) is 0 Å². The molecule has 5 saturated heterocycles. The molecule has 5 aliphatic rings. The second-order valence-corrected chi connectivity index (χ2v) is 21.7. The zero-order chi connectivity index (χ0) is 58.1. The number of carbonyl (C=O) groups excluding carboxylic acids is 2. The number of ether oxygens (including phenoxy) is 12. The molecule has 0 amide bonds. The van der Waals surface area contributed by atoms with Gasteiger partial charge in [-0.15, -0.1) is 0 Å². The highest BCUT2D eigenvalue weighted by Gasteiger charge is 2.57.